The Morgan fingerprint density at radius 3 is 2.68 bits per heavy atom. The third-order valence-electron chi connectivity index (χ3n) is 4.57. The van der Waals surface area contributed by atoms with Gasteiger partial charge in [-0.3, -0.25) is 9.59 Å². The standard InChI is InChI=1S/C19H15FN2O3/c1-10-9-11-3-2-4-14-16(11)22(10)19(25)15(17(14)23)18(24)21-13-7-5-12(20)6-8-13/h2-8,10,23H,9H2,1H3,(H,21,24)/t10-/m1/s1. The second-order valence-electron chi connectivity index (χ2n) is 6.23. The Labute approximate surface area is 142 Å². The second kappa shape index (κ2) is 5.44. The topological polar surface area (TPSA) is 71.3 Å². The molecule has 0 unspecified atom stereocenters. The molecular weight excluding hydrogens is 323 g/mol. The average molecular weight is 338 g/mol. The fourth-order valence-electron chi connectivity index (χ4n) is 3.45. The van der Waals surface area contributed by atoms with Crippen LogP contribution in [0.3, 0.4) is 0 Å². The van der Waals surface area contributed by atoms with Crippen LogP contribution in [0.25, 0.3) is 10.9 Å². The van der Waals surface area contributed by atoms with E-state index >= 15 is 0 Å². The first-order chi connectivity index (χ1) is 12.0. The van der Waals surface area contributed by atoms with E-state index < -0.39 is 17.3 Å². The number of halogens is 1. The Hall–Kier alpha value is -3.15. The Bertz CT molecular complexity index is 1070. The van der Waals surface area contributed by atoms with Gasteiger partial charge in [0.05, 0.1) is 5.52 Å². The molecule has 1 atom stereocenters. The number of anilines is 1. The lowest BCUT2D eigenvalue weighted by Crippen LogP contribution is -2.30. The number of nitrogens with one attached hydrogen (secondary N) is 1. The maximum absolute atomic E-state index is 13.0. The first kappa shape index (κ1) is 15.4. The number of pyridine rings is 1. The lowest BCUT2D eigenvalue weighted by molar-refractivity contribution is 0.102. The number of amides is 1. The van der Waals surface area contributed by atoms with Gasteiger partial charge in [0, 0.05) is 17.1 Å². The van der Waals surface area contributed by atoms with Crippen LogP contribution in [-0.2, 0) is 6.42 Å². The molecule has 0 spiro atoms. The maximum Gasteiger partial charge on any atom is 0.268 e. The molecule has 2 aromatic carbocycles. The van der Waals surface area contributed by atoms with Crippen LogP contribution in [0, 0.1) is 5.82 Å². The Morgan fingerprint density at radius 2 is 1.96 bits per heavy atom. The molecule has 0 radical (unpaired) electrons. The van der Waals surface area contributed by atoms with Crippen LogP contribution in [0.1, 0.15) is 28.9 Å². The molecule has 3 aromatic rings. The highest BCUT2D eigenvalue weighted by atomic mass is 19.1. The molecular formula is C19H15FN2O3. The Morgan fingerprint density at radius 1 is 1.24 bits per heavy atom. The van der Waals surface area contributed by atoms with Gasteiger partial charge in [0.1, 0.15) is 17.1 Å². The van der Waals surface area contributed by atoms with Crippen molar-refractivity contribution in [2.45, 2.75) is 19.4 Å². The van der Waals surface area contributed by atoms with Gasteiger partial charge in [0.2, 0.25) is 0 Å². The van der Waals surface area contributed by atoms with E-state index in [0.29, 0.717) is 23.0 Å². The van der Waals surface area contributed by atoms with Crippen molar-refractivity contribution < 1.29 is 14.3 Å². The maximum atomic E-state index is 13.0. The molecule has 1 aliphatic rings. The number of hydrogen-bond acceptors (Lipinski definition) is 3. The summed E-state index contributed by atoms with van der Waals surface area (Å²) in [4.78, 5) is 25.4. The number of para-hydroxylation sites is 1. The highest BCUT2D eigenvalue weighted by molar-refractivity contribution is 6.09. The van der Waals surface area contributed by atoms with Crippen molar-refractivity contribution in [2.24, 2.45) is 0 Å². The first-order valence-electron chi connectivity index (χ1n) is 7.93. The van der Waals surface area contributed by atoms with Gasteiger partial charge >= 0.3 is 0 Å². The minimum atomic E-state index is -0.718. The first-order valence-corrected chi connectivity index (χ1v) is 7.93. The zero-order chi connectivity index (χ0) is 17.7. The lowest BCUT2D eigenvalue weighted by Gasteiger charge is -2.14. The predicted molar refractivity (Wildman–Crippen MR) is 92.6 cm³/mol. The molecule has 0 saturated carbocycles. The molecule has 0 bridgehead atoms. The van der Waals surface area contributed by atoms with E-state index in [1.54, 1.807) is 16.7 Å². The van der Waals surface area contributed by atoms with Crippen molar-refractivity contribution in [1.29, 1.82) is 0 Å². The van der Waals surface area contributed by atoms with E-state index in [9.17, 15) is 19.1 Å². The van der Waals surface area contributed by atoms with Crippen molar-refractivity contribution in [3.05, 3.63) is 69.8 Å². The van der Waals surface area contributed by atoms with Gasteiger partial charge in [-0.25, -0.2) is 4.39 Å². The molecule has 2 heterocycles. The van der Waals surface area contributed by atoms with E-state index in [2.05, 4.69) is 5.32 Å². The molecule has 1 aromatic heterocycles. The SMILES string of the molecule is C[C@@H]1Cc2cccc3c(O)c(C(=O)Nc4ccc(F)cc4)c(=O)n1c23. The van der Waals surface area contributed by atoms with Crippen molar-refractivity contribution in [2.75, 3.05) is 5.32 Å². The number of benzene rings is 2. The Kier molecular flexibility index (Phi) is 3.35. The van der Waals surface area contributed by atoms with Gasteiger partial charge in [-0.2, -0.15) is 0 Å². The summed E-state index contributed by atoms with van der Waals surface area (Å²) >= 11 is 0. The number of aromatic nitrogens is 1. The summed E-state index contributed by atoms with van der Waals surface area (Å²) in [5.41, 5.74) is 1.16. The third-order valence-corrected chi connectivity index (χ3v) is 4.57. The zero-order valence-electron chi connectivity index (χ0n) is 13.4. The normalized spacial score (nSPS) is 15.5. The Balaban J connectivity index is 1.87. The smallest absolute Gasteiger partial charge is 0.268 e. The van der Waals surface area contributed by atoms with Gasteiger partial charge in [0.25, 0.3) is 11.5 Å². The number of hydrogen-bond donors (Lipinski definition) is 2. The van der Waals surface area contributed by atoms with Gasteiger partial charge in [-0.15, -0.1) is 0 Å². The molecule has 0 aliphatic carbocycles. The number of rotatable bonds is 2. The van der Waals surface area contributed by atoms with Crippen molar-refractivity contribution in [1.82, 2.24) is 4.57 Å². The predicted octanol–water partition coefficient (Wildman–Crippen LogP) is 3.22. The quantitative estimate of drug-likeness (QED) is 0.754. The molecule has 5 nitrogen and oxygen atoms in total. The lowest BCUT2D eigenvalue weighted by atomic mass is 10.1. The summed E-state index contributed by atoms with van der Waals surface area (Å²) in [5.74, 6) is -1.47. The van der Waals surface area contributed by atoms with Crippen molar-refractivity contribution in [3.8, 4) is 5.75 Å². The van der Waals surface area contributed by atoms with E-state index in [0.717, 1.165) is 5.56 Å². The van der Waals surface area contributed by atoms with Gasteiger partial charge in [0.15, 0.2) is 0 Å². The molecule has 0 saturated heterocycles. The number of aromatic hydroxyl groups is 1. The molecule has 1 amide bonds. The van der Waals surface area contributed by atoms with Crippen LogP contribution in [0.2, 0.25) is 0 Å². The summed E-state index contributed by atoms with van der Waals surface area (Å²) in [6.07, 6.45) is 0.676. The van der Waals surface area contributed by atoms with Crippen LogP contribution >= 0.6 is 0 Å². The second-order valence-corrected chi connectivity index (χ2v) is 6.23. The van der Waals surface area contributed by atoms with Gasteiger partial charge in [-0.1, -0.05) is 12.1 Å². The van der Waals surface area contributed by atoms with E-state index in [-0.39, 0.29) is 17.4 Å². The van der Waals surface area contributed by atoms with E-state index in [1.807, 2.05) is 13.0 Å². The molecule has 0 fully saturated rings. The fourth-order valence-corrected chi connectivity index (χ4v) is 3.45. The monoisotopic (exact) mass is 338 g/mol. The molecule has 2 N–H and O–H groups in total. The van der Waals surface area contributed by atoms with Gasteiger partial charge in [-0.05, 0) is 49.2 Å². The van der Waals surface area contributed by atoms with Crippen molar-refractivity contribution >= 4 is 22.5 Å². The highest BCUT2D eigenvalue weighted by Crippen LogP contribution is 2.36. The summed E-state index contributed by atoms with van der Waals surface area (Å²) in [7, 11) is 0. The van der Waals surface area contributed by atoms with Crippen LogP contribution in [0.4, 0.5) is 10.1 Å². The fraction of sp³-hybridized carbons (Fsp3) is 0.158. The molecule has 6 heteroatoms. The van der Waals surface area contributed by atoms with E-state index in [4.69, 9.17) is 0 Å². The molecule has 25 heavy (non-hydrogen) atoms. The molecule has 126 valence electrons. The number of carbonyl (C=O) groups excluding carboxylic acids is 1. The molecule has 4 rings (SSSR count). The summed E-state index contributed by atoms with van der Waals surface area (Å²) in [6, 6.07) is 10.5. The van der Waals surface area contributed by atoms with Crippen LogP contribution < -0.4 is 10.9 Å². The van der Waals surface area contributed by atoms with Crippen LogP contribution in [0.5, 0.6) is 5.75 Å². The minimum Gasteiger partial charge on any atom is -0.506 e. The summed E-state index contributed by atoms with van der Waals surface area (Å²) in [6.45, 7) is 1.90. The minimum absolute atomic E-state index is 0.0922. The number of carbonyl (C=O) groups is 1. The number of nitrogens with zero attached hydrogens (tertiary/aromatic N) is 1. The van der Waals surface area contributed by atoms with Gasteiger partial charge < -0.3 is 15.0 Å². The van der Waals surface area contributed by atoms with E-state index in [1.165, 1.54) is 24.3 Å². The van der Waals surface area contributed by atoms with Crippen LogP contribution in [0.15, 0.2) is 47.3 Å². The molecule has 1 aliphatic heterocycles. The summed E-state index contributed by atoms with van der Waals surface area (Å²) in [5, 5.41) is 13.6. The average Bonchev–Trinajstić information content (AvgIpc) is 2.92. The zero-order valence-corrected chi connectivity index (χ0v) is 13.4. The van der Waals surface area contributed by atoms with Crippen molar-refractivity contribution in [3.63, 3.8) is 0 Å². The summed E-state index contributed by atoms with van der Waals surface area (Å²) < 4.78 is 14.6. The largest absolute Gasteiger partial charge is 0.506 e. The third kappa shape index (κ3) is 2.29. The highest BCUT2D eigenvalue weighted by Gasteiger charge is 2.29. The van der Waals surface area contributed by atoms with Crippen LogP contribution in [-0.4, -0.2) is 15.6 Å².